The van der Waals surface area contributed by atoms with Gasteiger partial charge in [0.05, 0.1) is 0 Å². The molecule has 0 spiro atoms. The smallest absolute Gasteiger partial charge is 0.132 e. The molecule has 0 saturated heterocycles. The van der Waals surface area contributed by atoms with E-state index >= 15 is 0 Å². The van der Waals surface area contributed by atoms with Crippen molar-refractivity contribution in [1.82, 2.24) is 5.32 Å². The van der Waals surface area contributed by atoms with Crippen molar-refractivity contribution >= 4 is 11.6 Å². The monoisotopic (exact) mass is 289 g/mol. The van der Waals surface area contributed by atoms with Gasteiger partial charge in [-0.25, -0.2) is 0 Å². The fraction of sp³-hybridized carbons (Fsp3) is 0.294. The molecule has 0 aliphatic rings. The van der Waals surface area contributed by atoms with E-state index in [0.717, 1.165) is 34.2 Å². The first-order chi connectivity index (χ1) is 9.61. The molecule has 0 aliphatic carbocycles. The zero-order chi connectivity index (χ0) is 14.5. The molecule has 0 radical (unpaired) electrons. The highest BCUT2D eigenvalue weighted by Gasteiger charge is 2.11. The fourth-order valence-electron chi connectivity index (χ4n) is 2.15. The van der Waals surface area contributed by atoms with Crippen LogP contribution >= 0.6 is 11.6 Å². The largest absolute Gasteiger partial charge is 0.457 e. The number of hydrogen-bond acceptors (Lipinski definition) is 2. The first kappa shape index (κ1) is 14.9. The minimum absolute atomic E-state index is 0.254. The van der Waals surface area contributed by atoms with E-state index in [4.69, 9.17) is 16.3 Å². The van der Waals surface area contributed by atoms with Crippen molar-refractivity contribution in [1.29, 1.82) is 0 Å². The lowest BCUT2D eigenvalue weighted by Crippen LogP contribution is -2.18. The molecular weight excluding hydrogens is 270 g/mol. The van der Waals surface area contributed by atoms with Crippen LogP contribution in [0.5, 0.6) is 11.5 Å². The van der Waals surface area contributed by atoms with Gasteiger partial charge in [-0.15, -0.1) is 0 Å². The van der Waals surface area contributed by atoms with Crippen molar-refractivity contribution in [2.75, 3.05) is 6.54 Å². The summed E-state index contributed by atoms with van der Waals surface area (Å²) in [5, 5.41) is 4.16. The van der Waals surface area contributed by atoms with Gasteiger partial charge >= 0.3 is 0 Å². The van der Waals surface area contributed by atoms with E-state index in [2.05, 4.69) is 25.2 Å². The second-order valence-corrected chi connectivity index (χ2v) is 5.24. The molecule has 1 atom stereocenters. The van der Waals surface area contributed by atoms with Crippen LogP contribution in [0.1, 0.15) is 31.0 Å². The van der Waals surface area contributed by atoms with Gasteiger partial charge in [-0.2, -0.15) is 0 Å². The van der Waals surface area contributed by atoms with Gasteiger partial charge < -0.3 is 10.1 Å². The number of hydrogen-bond donors (Lipinski definition) is 1. The highest BCUT2D eigenvalue weighted by Crippen LogP contribution is 2.31. The summed E-state index contributed by atoms with van der Waals surface area (Å²) in [6, 6.07) is 14.1. The summed E-state index contributed by atoms with van der Waals surface area (Å²) in [5.41, 5.74) is 2.17. The van der Waals surface area contributed by atoms with Gasteiger partial charge in [-0.05, 0) is 50.2 Å². The number of aryl methyl sites for hydroxylation is 1. The molecule has 0 heterocycles. The standard InChI is InChI=1S/C17H20ClNO/c1-4-19-13(3)15-7-5-6-8-17(15)20-14-9-10-16(18)12(2)11-14/h5-11,13,19H,4H2,1-3H3. The first-order valence-corrected chi connectivity index (χ1v) is 7.26. The zero-order valence-corrected chi connectivity index (χ0v) is 12.9. The molecule has 3 heteroatoms. The Kier molecular flexibility index (Phi) is 5.05. The molecule has 106 valence electrons. The summed E-state index contributed by atoms with van der Waals surface area (Å²) in [5.74, 6) is 1.69. The van der Waals surface area contributed by atoms with Crippen LogP contribution in [-0.4, -0.2) is 6.54 Å². The van der Waals surface area contributed by atoms with E-state index in [1.807, 2.05) is 43.3 Å². The summed E-state index contributed by atoms with van der Waals surface area (Å²) in [6.07, 6.45) is 0. The molecule has 2 aromatic carbocycles. The van der Waals surface area contributed by atoms with E-state index in [9.17, 15) is 0 Å². The van der Waals surface area contributed by atoms with Crippen LogP contribution in [0.2, 0.25) is 5.02 Å². The molecule has 0 aromatic heterocycles. The van der Waals surface area contributed by atoms with Crippen LogP contribution < -0.4 is 10.1 Å². The van der Waals surface area contributed by atoms with Crippen molar-refractivity contribution in [3.8, 4) is 11.5 Å². The number of benzene rings is 2. The Balaban J connectivity index is 2.26. The Hall–Kier alpha value is -1.51. The predicted molar refractivity (Wildman–Crippen MR) is 84.8 cm³/mol. The van der Waals surface area contributed by atoms with Crippen LogP contribution in [0.3, 0.4) is 0 Å². The summed E-state index contributed by atoms with van der Waals surface area (Å²) in [7, 11) is 0. The molecule has 2 rings (SSSR count). The molecule has 0 amide bonds. The SMILES string of the molecule is CCNC(C)c1ccccc1Oc1ccc(Cl)c(C)c1. The second-order valence-electron chi connectivity index (χ2n) is 4.83. The highest BCUT2D eigenvalue weighted by atomic mass is 35.5. The molecule has 2 nitrogen and oxygen atoms in total. The van der Waals surface area contributed by atoms with Gasteiger partial charge in [-0.3, -0.25) is 0 Å². The quantitative estimate of drug-likeness (QED) is 0.826. The van der Waals surface area contributed by atoms with Crippen LogP contribution in [0, 0.1) is 6.92 Å². The van der Waals surface area contributed by atoms with E-state index in [-0.39, 0.29) is 6.04 Å². The minimum Gasteiger partial charge on any atom is -0.457 e. The van der Waals surface area contributed by atoms with Crippen molar-refractivity contribution in [2.45, 2.75) is 26.8 Å². The molecule has 1 unspecified atom stereocenters. The Labute approximate surface area is 125 Å². The summed E-state index contributed by atoms with van der Waals surface area (Å²) < 4.78 is 6.01. The molecule has 0 saturated carbocycles. The third-order valence-corrected chi connectivity index (χ3v) is 3.68. The van der Waals surface area contributed by atoms with E-state index in [0.29, 0.717) is 0 Å². The van der Waals surface area contributed by atoms with Crippen molar-refractivity contribution in [3.05, 3.63) is 58.6 Å². The highest BCUT2D eigenvalue weighted by molar-refractivity contribution is 6.31. The third-order valence-electron chi connectivity index (χ3n) is 3.25. The van der Waals surface area contributed by atoms with E-state index < -0.39 is 0 Å². The maximum Gasteiger partial charge on any atom is 0.132 e. The maximum absolute atomic E-state index is 6.04. The molecule has 0 bridgehead atoms. The molecule has 0 aliphatic heterocycles. The normalized spacial score (nSPS) is 12.2. The van der Waals surface area contributed by atoms with Gasteiger partial charge in [0.2, 0.25) is 0 Å². The topological polar surface area (TPSA) is 21.3 Å². The van der Waals surface area contributed by atoms with Gasteiger partial charge in [0.15, 0.2) is 0 Å². The fourth-order valence-corrected chi connectivity index (χ4v) is 2.27. The molecule has 20 heavy (non-hydrogen) atoms. The minimum atomic E-state index is 0.254. The number of rotatable bonds is 5. The Morgan fingerprint density at radius 1 is 1.20 bits per heavy atom. The first-order valence-electron chi connectivity index (χ1n) is 6.88. The van der Waals surface area contributed by atoms with Crippen molar-refractivity contribution < 1.29 is 4.74 Å². The summed E-state index contributed by atoms with van der Waals surface area (Å²) in [4.78, 5) is 0. The van der Waals surface area contributed by atoms with Crippen LogP contribution in [0.4, 0.5) is 0 Å². The lowest BCUT2D eigenvalue weighted by Gasteiger charge is -2.17. The number of nitrogens with one attached hydrogen (secondary N) is 1. The zero-order valence-electron chi connectivity index (χ0n) is 12.1. The second kappa shape index (κ2) is 6.78. The molecule has 1 N–H and O–H groups in total. The lowest BCUT2D eigenvalue weighted by atomic mass is 10.1. The van der Waals surface area contributed by atoms with Crippen molar-refractivity contribution in [2.24, 2.45) is 0 Å². The van der Waals surface area contributed by atoms with Crippen LogP contribution in [-0.2, 0) is 0 Å². The average Bonchev–Trinajstić information content (AvgIpc) is 2.44. The van der Waals surface area contributed by atoms with Gasteiger partial charge in [0.25, 0.3) is 0 Å². The lowest BCUT2D eigenvalue weighted by molar-refractivity contribution is 0.463. The van der Waals surface area contributed by atoms with Crippen LogP contribution in [0.25, 0.3) is 0 Å². The molecule has 0 fully saturated rings. The number of para-hydroxylation sites is 1. The molecular formula is C17H20ClNO. The number of halogens is 1. The van der Waals surface area contributed by atoms with E-state index in [1.54, 1.807) is 0 Å². The van der Waals surface area contributed by atoms with Crippen molar-refractivity contribution in [3.63, 3.8) is 0 Å². The Morgan fingerprint density at radius 2 is 1.95 bits per heavy atom. The molecule has 2 aromatic rings. The Morgan fingerprint density at radius 3 is 2.65 bits per heavy atom. The maximum atomic E-state index is 6.04. The van der Waals surface area contributed by atoms with E-state index in [1.165, 1.54) is 0 Å². The summed E-state index contributed by atoms with van der Waals surface area (Å²) >= 11 is 6.04. The third kappa shape index (κ3) is 3.53. The summed E-state index contributed by atoms with van der Waals surface area (Å²) in [6.45, 7) is 7.14. The average molecular weight is 290 g/mol. The number of ether oxygens (including phenoxy) is 1. The van der Waals surface area contributed by atoms with Gasteiger partial charge in [0.1, 0.15) is 11.5 Å². The Bertz CT molecular complexity index is 583. The predicted octanol–water partition coefficient (Wildman–Crippen LogP) is 5.11. The van der Waals surface area contributed by atoms with Crippen LogP contribution in [0.15, 0.2) is 42.5 Å². The van der Waals surface area contributed by atoms with Gasteiger partial charge in [0, 0.05) is 16.6 Å². The van der Waals surface area contributed by atoms with Gasteiger partial charge in [-0.1, -0.05) is 36.7 Å².